The molecule has 84 valence electrons. The Balaban J connectivity index is 3.50. The molecule has 0 N–H and O–H groups in total. The van der Waals surface area contributed by atoms with Crippen LogP contribution in [0.1, 0.15) is 12.0 Å². The lowest BCUT2D eigenvalue weighted by Gasteiger charge is -2.06. The second-order valence-corrected chi connectivity index (χ2v) is 6.31. The Morgan fingerprint density at radius 1 is 1.47 bits per heavy atom. The highest BCUT2D eigenvalue weighted by molar-refractivity contribution is 14.1. The van der Waals surface area contributed by atoms with Crippen molar-refractivity contribution in [2.24, 2.45) is 0 Å². The van der Waals surface area contributed by atoms with Crippen molar-refractivity contribution in [3.63, 3.8) is 0 Å². The molecule has 0 bridgehead atoms. The van der Waals surface area contributed by atoms with Crippen LogP contribution >= 0.6 is 44.9 Å². The number of rotatable bonds is 2. The van der Waals surface area contributed by atoms with Gasteiger partial charge in [0, 0.05) is 16.2 Å². The van der Waals surface area contributed by atoms with Gasteiger partial charge in [0.05, 0.1) is 5.02 Å². The van der Waals surface area contributed by atoms with E-state index >= 15 is 0 Å². The Morgan fingerprint density at radius 2 is 2.00 bits per heavy atom. The molecule has 0 aliphatic rings. The maximum absolute atomic E-state index is 12.4. The van der Waals surface area contributed by atoms with Crippen LogP contribution in [-0.4, -0.2) is 13.4 Å². The molecule has 0 aliphatic heterocycles. The first kappa shape index (κ1) is 13.3. The van der Waals surface area contributed by atoms with Crippen LogP contribution in [0.15, 0.2) is 11.1 Å². The topological polar surface area (TPSA) is 47.0 Å². The normalized spacial score (nSPS) is 12.1. The maximum atomic E-state index is 12.4. The maximum Gasteiger partial charge on any atom is 0.278 e. The Hall–Kier alpha value is 0.270. The van der Waals surface area contributed by atoms with Gasteiger partial charge in [0.25, 0.3) is 15.5 Å². The number of halogens is 5. The lowest BCUT2D eigenvalue weighted by Crippen LogP contribution is -2.01. The number of alkyl halides is 2. The van der Waals surface area contributed by atoms with Crippen molar-refractivity contribution in [1.82, 2.24) is 4.98 Å². The summed E-state index contributed by atoms with van der Waals surface area (Å²) in [4.78, 5) is 3.49. The molecule has 1 aromatic heterocycles. The molecule has 0 spiro atoms. The van der Waals surface area contributed by atoms with Crippen molar-refractivity contribution >= 4 is 53.9 Å². The van der Waals surface area contributed by atoms with Gasteiger partial charge in [0.15, 0.2) is 5.03 Å². The highest BCUT2D eigenvalue weighted by atomic mass is 127. The van der Waals surface area contributed by atoms with Gasteiger partial charge in [-0.2, -0.15) is 0 Å². The van der Waals surface area contributed by atoms with E-state index in [0.29, 0.717) is 6.07 Å². The van der Waals surface area contributed by atoms with Crippen LogP contribution in [0.25, 0.3) is 0 Å². The summed E-state index contributed by atoms with van der Waals surface area (Å²) in [5.74, 6) is 0. The number of nitrogens with zero attached hydrogens (tertiary/aromatic N) is 1. The Bertz CT molecular complexity index is 494. The molecule has 0 amide bonds. The highest BCUT2D eigenvalue weighted by Crippen LogP contribution is 2.32. The van der Waals surface area contributed by atoms with E-state index in [1.54, 1.807) is 22.6 Å². The van der Waals surface area contributed by atoms with Crippen LogP contribution in [0.5, 0.6) is 0 Å². The van der Waals surface area contributed by atoms with Crippen LogP contribution < -0.4 is 0 Å². The fourth-order valence-electron chi connectivity index (χ4n) is 0.777. The van der Waals surface area contributed by atoms with E-state index in [1.807, 2.05) is 0 Å². The molecular formula is C6H2Cl2F2INO2S. The third kappa shape index (κ3) is 3.11. The number of hydrogen-bond acceptors (Lipinski definition) is 3. The van der Waals surface area contributed by atoms with Crippen molar-refractivity contribution in [1.29, 1.82) is 0 Å². The molecule has 1 heterocycles. The molecule has 9 heteroatoms. The van der Waals surface area contributed by atoms with E-state index in [-0.39, 0.29) is 8.72 Å². The molecule has 0 atom stereocenters. The summed E-state index contributed by atoms with van der Waals surface area (Å²) in [5.41, 5.74) is -0.602. The monoisotopic (exact) mass is 387 g/mol. The first-order chi connectivity index (χ1) is 6.73. The van der Waals surface area contributed by atoms with Gasteiger partial charge in [0.2, 0.25) is 0 Å². The molecule has 3 nitrogen and oxygen atoms in total. The molecular weight excluding hydrogens is 386 g/mol. The Kier molecular flexibility index (Phi) is 4.13. The summed E-state index contributed by atoms with van der Waals surface area (Å²) >= 11 is 7.07. The van der Waals surface area contributed by atoms with Crippen molar-refractivity contribution < 1.29 is 17.2 Å². The second-order valence-electron chi connectivity index (χ2n) is 2.39. The number of aromatic nitrogens is 1. The quantitative estimate of drug-likeness (QED) is 0.444. The summed E-state index contributed by atoms with van der Waals surface area (Å²) in [6.45, 7) is 0. The summed E-state index contributed by atoms with van der Waals surface area (Å²) in [5, 5.41) is -0.900. The van der Waals surface area contributed by atoms with Gasteiger partial charge >= 0.3 is 0 Å². The average Bonchev–Trinajstić information content (AvgIpc) is 2.06. The van der Waals surface area contributed by atoms with Gasteiger partial charge in [-0.05, 0) is 28.7 Å². The predicted molar refractivity (Wildman–Crippen MR) is 60.0 cm³/mol. The first-order valence-corrected chi connectivity index (χ1v) is 7.09. The third-order valence-electron chi connectivity index (χ3n) is 1.41. The van der Waals surface area contributed by atoms with Crippen LogP contribution in [-0.2, 0) is 9.05 Å². The van der Waals surface area contributed by atoms with Gasteiger partial charge in [-0.25, -0.2) is 22.2 Å². The predicted octanol–water partition coefficient (Wildman–Crippen LogP) is 3.20. The molecule has 1 aromatic rings. The summed E-state index contributed by atoms with van der Waals surface area (Å²) in [7, 11) is 0.844. The second kappa shape index (κ2) is 4.64. The summed E-state index contributed by atoms with van der Waals surface area (Å²) < 4.78 is 46.6. The van der Waals surface area contributed by atoms with Crippen LogP contribution in [0, 0.1) is 3.70 Å². The minimum absolute atomic E-state index is 0.0358. The van der Waals surface area contributed by atoms with E-state index in [0.717, 1.165) is 0 Å². The summed E-state index contributed by atoms with van der Waals surface area (Å²) in [6.07, 6.45) is -2.88. The van der Waals surface area contributed by atoms with E-state index in [9.17, 15) is 17.2 Å². The molecule has 1 rings (SSSR count). The van der Waals surface area contributed by atoms with E-state index in [2.05, 4.69) is 4.98 Å². The highest BCUT2D eigenvalue weighted by Gasteiger charge is 2.21. The fraction of sp³-hybridized carbons (Fsp3) is 0.167. The van der Waals surface area contributed by atoms with Crippen LogP contribution in [0.4, 0.5) is 8.78 Å². The Labute approximate surface area is 107 Å². The van der Waals surface area contributed by atoms with Crippen molar-refractivity contribution in [2.75, 3.05) is 0 Å². The van der Waals surface area contributed by atoms with E-state index < -0.39 is 26.1 Å². The zero-order chi connectivity index (χ0) is 11.8. The van der Waals surface area contributed by atoms with Crippen LogP contribution in [0.2, 0.25) is 5.02 Å². The lowest BCUT2D eigenvalue weighted by atomic mass is 10.3. The van der Waals surface area contributed by atoms with Crippen molar-refractivity contribution in [3.8, 4) is 0 Å². The van der Waals surface area contributed by atoms with Gasteiger partial charge in [-0.3, -0.25) is 0 Å². The van der Waals surface area contributed by atoms with E-state index in [4.69, 9.17) is 22.3 Å². The van der Waals surface area contributed by atoms with Gasteiger partial charge in [0.1, 0.15) is 3.70 Å². The molecule has 0 saturated heterocycles. The summed E-state index contributed by atoms with van der Waals surface area (Å²) in [6, 6.07) is 0.664. The minimum atomic E-state index is -4.13. The number of pyridine rings is 1. The minimum Gasteiger partial charge on any atom is -0.227 e. The lowest BCUT2D eigenvalue weighted by molar-refractivity contribution is 0.151. The fourth-order valence-corrected chi connectivity index (χ4v) is 2.40. The molecule has 0 aliphatic carbocycles. The molecule has 0 fully saturated rings. The van der Waals surface area contributed by atoms with Crippen molar-refractivity contribution in [2.45, 2.75) is 11.5 Å². The zero-order valence-electron chi connectivity index (χ0n) is 6.72. The molecule has 0 unspecified atom stereocenters. The van der Waals surface area contributed by atoms with Crippen LogP contribution in [0.3, 0.4) is 0 Å². The number of hydrogen-bond donors (Lipinski definition) is 0. The standard InChI is InChI=1S/C6H2Cl2F2INO2S/c7-4-2(5(9)10)1-3(12-6(4)11)15(8,13)14/h1,5H. The van der Waals surface area contributed by atoms with E-state index in [1.165, 1.54) is 0 Å². The molecule has 15 heavy (non-hydrogen) atoms. The third-order valence-corrected chi connectivity index (χ3v) is 4.09. The van der Waals surface area contributed by atoms with Gasteiger partial charge < -0.3 is 0 Å². The Morgan fingerprint density at radius 3 is 2.40 bits per heavy atom. The molecule has 0 radical (unpaired) electrons. The SMILES string of the molecule is O=S(=O)(Cl)c1cc(C(F)F)c(Cl)c(I)n1. The van der Waals surface area contributed by atoms with Gasteiger partial charge in [-0.15, -0.1) is 0 Å². The average molecular weight is 388 g/mol. The first-order valence-electron chi connectivity index (χ1n) is 3.32. The smallest absolute Gasteiger partial charge is 0.227 e. The van der Waals surface area contributed by atoms with Crippen molar-refractivity contribution in [3.05, 3.63) is 20.4 Å². The molecule has 0 aromatic carbocycles. The largest absolute Gasteiger partial charge is 0.278 e. The zero-order valence-corrected chi connectivity index (χ0v) is 11.2. The van der Waals surface area contributed by atoms with Gasteiger partial charge in [-0.1, -0.05) is 11.6 Å². The molecule has 0 saturated carbocycles.